The number of rotatable bonds is 4. The molecule has 0 saturated carbocycles. The molecule has 156 valence electrons. The second kappa shape index (κ2) is 7.94. The summed E-state index contributed by atoms with van der Waals surface area (Å²) in [5, 5.41) is 0. The van der Waals surface area contributed by atoms with E-state index in [0.29, 0.717) is 16.7 Å². The van der Waals surface area contributed by atoms with Gasteiger partial charge in [0.25, 0.3) is 0 Å². The third kappa shape index (κ3) is 5.92. The number of hydrogen-bond acceptors (Lipinski definition) is 1. The molecule has 1 nitrogen and oxygen atoms in total. The molecule has 0 aromatic heterocycles. The lowest BCUT2D eigenvalue weighted by atomic mass is 9.82. The van der Waals surface area contributed by atoms with Gasteiger partial charge in [0.2, 0.25) is 0 Å². The van der Waals surface area contributed by atoms with Gasteiger partial charge in [-0.1, -0.05) is 82.0 Å². The van der Waals surface area contributed by atoms with E-state index in [1.807, 2.05) is 31.2 Å². The van der Waals surface area contributed by atoms with Crippen molar-refractivity contribution >= 4 is 19.4 Å². The van der Waals surface area contributed by atoms with Gasteiger partial charge < -0.3 is 0 Å². The van der Waals surface area contributed by atoms with Crippen LogP contribution in [0.4, 0.5) is 13.2 Å². The molecular weight excluding hydrogens is 389 g/mol. The molecule has 0 spiro atoms. The molecule has 0 radical (unpaired) electrons. The Morgan fingerprint density at radius 2 is 1.45 bits per heavy atom. The fourth-order valence-electron chi connectivity index (χ4n) is 3.03. The number of Topliss-reactive ketones (excluding diaryl/α,β-unsaturated/α-hetero) is 1. The van der Waals surface area contributed by atoms with Crippen LogP contribution in [0.1, 0.15) is 53.4 Å². The van der Waals surface area contributed by atoms with Gasteiger partial charge in [-0.2, -0.15) is 13.2 Å². The zero-order valence-corrected chi connectivity index (χ0v) is 19.2. The lowest BCUT2D eigenvalue weighted by molar-refractivity contribution is -0.137. The van der Waals surface area contributed by atoms with Crippen LogP contribution in [0.5, 0.6) is 0 Å². The van der Waals surface area contributed by atoms with E-state index in [4.69, 9.17) is 0 Å². The van der Waals surface area contributed by atoms with E-state index < -0.39 is 25.2 Å². The summed E-state index contributed by atoms with van der Waals surface area (Å²) in [4.78, 5) is 13.1. The second-order valence-electron chi connectivity index (χ2n) is 9.63. The smallest absolute Gasteiger partial charge is 0.294 e. The third-order valence-electron chi connectivity index (χ3n) is 4.50. The molecule has 0 heterocycles. The molecule has 0 fully saturated rings. The number of benzene rings is 2. The molecule has 2 aromatic carbocycles. The molecule has 0 aliphatic heterocycles. The Kier molecular flexibility index (Phi) is 6.34. The number of carbonyl (C=O) groups is 1. The molecule has 2 rings (SSSR count). The summed E-state index contributed by atoms with van der Waals surface area (Å²) < 4.78 is 40.5. The number of halogens is 3. The van der Waals surface area contributed by atoms with Crippen LogP contribution in [0, 0.1) is 12.3 Å². The first-order chi connectivity index (χ1) is 13.1. The predicted molar refractivity (Wildman–Crippen MR) is 117 cm³/mol. The average Bonchev–Trinajstić information content (AvgIpc) is 2.57. The van der Waals surface area contributed by atoms with Crippen LogP contribution in [-0.4, -0.2) is 13.9 Å². The molecule has 29 heavy (non-hydrogen) atoms. The van der Waals surface area contributed by atoms with E-state index in [0.717, 1.165) is 23.3 Å². The Morgan fingerprint density at radius 1 is 0.897 bits per heavy atom. The topological polar surface area (TPSA) is 17.1 Å². The summed E-state index contributed by atoms with van der Waals surface area (Å²) >= 11 is 0. The summed E-state index contributed by atoms with van der Waals surface area (Å²) in [5.74, 6) is -0.171. The summed E-state index contributed by atoms with van der Waals surface area (Å²) in [6.07, 6.45) is -4.48. The minimum Gasteiger partial charge on any atom is -0.294 e. The molecule has 0 aliphatic carbocycles. The molecule has 0 aliphatic rings. The highest BCUT2D eigenvalue weighted by Crippen LogP contribution is 2.37. The van der Waals surface area contributed by atoms with Gasteiger partial charge in [-0.25, -0.2) is 0 Å². The fraction of sp³-hybridized carbons (Fsp3) is 0.375. The molecule has 0 unspecified atom stereocenters. The van der Waals surface area contributed by atoms with Gasteiger partial charge in [0.15, 0.2) is 5.78 Å². The molecule has 2 aromatic rings. The van der Waals surface area contributed by atoms with Gasteiger partial charge in [0.1, 0.15) is 0 Å². The monoisotopic (exact) mass is 418 g/mol. The minimum absolute atomic E-state index is 0.171. The first-order valence-electron chi connectivity index (χ1n) is 9.66. The van der Waals surface area contributed by atoms with Gasteiger partial charge in [-0.3, -0.25) is 4.79 Å². The number of hydrogen-bond donors (Lipinski definition) is 0. The Labute approximate surface area is 172 Å². The van der Waals surface area contributed by atoms with E-state index >= 15 is 0 Å². The van der Waals surface area contributed by atoms with E-state index in [9.17, 15) is 18.0 Å². The highest BCUT2D eigenvalue weighted by atomic mass is 28.3. The number of alkyl halides is 3. The van der Waals surface area contributed by atoms with Crippen LogP contribution in [0.15, 0.2) is 48.2 Å². The van der Waals surface area contributed by atoms with Crippen LogP contribution >= 0.6 is 0 Å². The molecule has 0 amide bonds. The van der Waals surface area contributed by atoms with Crippen LogP contribution in [0.25, 0.3) is 5.57 Å². The van der Waals surface area contributed by atoms with Crippen molar-refractivity contribution < 1.29 is 18.0 Å². The van der Waals surface area contributed by atoms with Gasteiger partial charge in [-0.15, -0.1) is 0 Å². The van der Waals surface area contributed by atoms with E-state index in [-0.39, 0.29) is 5.78 Å². The fourth-order valence-corrected chi connectivity index (χ4v) is 4.22. The maximum absolute atomic E-state index is 13.5. The molecule has 0 atom stereocenters. The van der Waals surface area contributed by atoms with Crippen molar-refractivity contribution in [3.63, 3.8) is 0 Å². The largest absolute Gasteiger partial charge is 0.416 e. The van der Waals surface area contributed by atoms with Gasteiger partial charge in [0.05, 0.1) is 13.6 Å². The van der Waals surface area contributed by atoms with Crippen molar-refractivity contribution in [2.24, 2.45) is 5.41 Å². The molecule has 0 N–H and O–H groups in total. The van der Waals surface area contributed by atoms with Crippen molar-refractivity contribution in [3.05, 3.63) is 76.0 Å². The van der Waals surface area contributed by atoms with Crippen LogP contribution in [-0.2, 0) is 6.18 Å². The van der Waals surface area contributed by atoms with E-state index in [1.54, 1.807) is 20.8 Å². The maximum Gasteiger partial charge on any atom is 0.416 e. The standard InChI is InChI=1S/C24H29F3OSi/c1-16-8-10-17(11-9-16)21(15-29(5,6)7)20-14-18(24(25,26)27)12-13-19(20)22(28)23(2,3)4/h8-15H,1-7H3/b21-15+. The number of carbonyl (C=O) groups excluding carboxylic acids is 1. The van der Waals surface area contributed by atoms with Crippen LogP contribution < -0.4 is 0 Å². The quantitative estimate of drug-likeness (QED) is 0.370. The first-order valence-corrected chi connectivity index (χ1v) is 13.2. The van der Waals surface area contributed by atoms with Crippen molar-refractivity contribution in [1.82, 2.24) is 0 Å². The summed E-state index contributed by atoms with van der Waals surface area (Å²) in [6, 6.07) is 11.2. The summed E-state index contributed by atoms with van der Waals surface area (Å²) in [6.45, 7) is 13.7. The second-order valence-corrected chi connectivity index (χ2v) is 14.6. The minimum atomic E-state index is -4.48. The van der Waals surface area contributed by atoms with Crippen LogP contribution in [0.2, 0.25) is 19.6 Å². The number of aryl methyl sites for hydroxylation is 1. The number of ketones is 1. The molecule has 0 bridgehead atoms. The van der Waals surface area contributed by atoms with E-state index in [2.05, 4.69) is 25.3 Å². The van der Waals surface area contributed by atoms with E-state index in [1.165, 1.54) is 6.07 Å². The van der Waals surface area contributed by atoms with Crippen molar-refractivity contribution in [2.45, 2.75) is 53.5 Å². The third-order valence-corrected chi connectivity index (χ3v) is 5.66. The van der Waals surface area contributed by atoms with Crippen molar-refractivity contribution in [3.8, 4) is 0 Å². The zero-order valence-electron chi connectivity index (χ0n) is 18.2. The van der Waals surface area contributed by atoms with Gasteiger partial charge in [-0.05, 0) is 35.8 Å². The van der Waals surface area contributed by atoms with Gasteiger partial charge in [0, 0.05) is 11.0 Å². The predicted octanol–water partition coefficient (Wildman–Crippen LogP) is 7.55. The molecule has 0 saturated heterocycles. The first kappa shape index (κ1) is 23.1. The SMILES string of the molecule is Cc1ccc(/C(=C\[Si](C)(C)C)c2cc(C(F)(F)F)ccc2C(=O)C(C)(C)C)cc1. The average molecular weight is 419 g/mol. The Bertz CT molecular complexity index is 925. The Morgan fingerprint density at radius 3 is 1.90 bits per heavy atom. The maximum atomic E-state index is 13.5. The van der Waals surface area contributed by atoms with Crippen molar-refractivity contribution in [2.75, 3.05) is 0 Å². The molecule has 5 heteroatoms. The Hall–Kier alpha value is -2.14. The molecular formula is C24H29F3OSi. The van der Waals surface area contributed by atoms with Crippen molar-refractivity contribution in [1.29, 1.82) is 0 Å². The summed E-state index contributed by atoms with van der Waals surface area (Å²) in [5.41, 5.74) is 3.89. The lowest BCUT2D eigenvalue weighted by Crippen LogP contribution is -2.23. The van der Waals surface area contributed by atoms with Gasteiger partial charge >= 0.3 is 6.18 Å². The van der Waals surface area contributed by atoms with Crippen LogP contribution in [0.3, 0.4) is 0 Å². The summed E-state index contributed by atoms with van der Waals surface area (Å²) in [7, 11) is -1.82. The highest BCUT2D eigenvalue weighted by Gasteiger charge is 2.34. The lowest BCUT2D eigenvalue weighted by Gasteiger charge is -2.23. The Balaban J connectivity index is 2.87. The normalized spacial score (nSPS) is 13.5. The highest BCUT2D eigenvalue weighted by molar-refractivity contribution is 6.81. The zero-order chi connectivity index (χ0) is 22.2.